The zero-order valence-electron chi connectivity index (χ0n) is 22.2. The van der Waals surface area contributed by atoms with Crippen LogP contribution in [0.5, 0.6) is 34.5 Å². The highest BCUT2D eigenvalue weighted by atomic mass is 32.1. The lowest BCUT2D eigenvalue weighted by Crippen LogP contribution is -2.49. The topological polar surface area (TPSA) is 82.7 Å². The van der Waals surface area contributed by atoms with E-state index < -0.39 is 0 Å². The van der Waals surface area contributed by atoms with Crippen molar-refractivity contribution in [2.24, 2.45) is 0 Å². The largest absolute Gasteiger partial charge is 0.493 e. The lowest BCUT2D eigenvalue weighted by molar-refractivity contribution is 0.323. The molecule has 2 aromatic rings. The molecular weight excluding hydrogens is 494 g/mol. The molecule has 10 heteroatoms. The highest BCUT2D eigenvalue weighted by Crippen LogP contribution is 2.43. The third kappa shape index (κ3) is 5.12. The first-order valence-electron chi connectivity index (χ1n) is 11.7. The van der Waals surface area contributed by atoms with E-state index in [1.807, 2.05) is 24.3 Å². The van der Waals surface area contributed by atoms with Crippen LogP contribution in [0.3, 0.4) is 0 Å². The zero-order chi connectivity index (χ0) is 26.7. The van der Waals surface area contributed by atoms with Gasteiger partial charge in [-0.1, -0.05) is 0 Å². The first-order valence-corrected chi connectivity index (χ1v) is 12.1. The molecule has 0 spiro atoms. The first kappa shape index (κ1) is 26.4. The molecule has 0 unspecified atom stereocenters. The number of hydrogen-bond donors (Lipinski definition) is 2. The van der Waals surface area contributed by atoms with Crippen molar-refractivity contribution in [3.63, 3.8) is 0 Å². The van der Waals surface area contributed by atoms with E-state index in [0.29, 0.717) is 39.6 Å². The fourth-order valence-corrected chi connectivity index (χ4v) is 5.04. The van der Waals surface area contributed by atoms with Gasteiger partial charge in [0.2, 0.25) is 11.5 Å². The van der Waals surface area contributed by atoms with Crippen molar-refractivity contribution in [1.82, 2.24) is 15.5 Å². The molecule has 2 aliphatic rings. The van der Waals surface area contributed by atoms with Crippen LogP contribution in [-0.2, 0) is 0 Å². The second-order valence-corrected chi connectivity index (χ2v) is 9.10. The molecule has 1 atom stereocenters. The van der Waals surface area contributed by atoms with Gasteiger partial charge in [0.25, 0.3) is 0 Å². The maximum absolute atomic E-state index is 5.64. The second-order valence-electron chi connectivity index (χ2n) is 8.69. The number of nitrogens with one attached hydrogen (secondary N) is 2. The number of thiocarbonyl (C=S) groups is 1. The molecule has 0 aromatic heterocycles. The van der Waals surface area contributed by atoms with Crippen molar-refractivity contribution in [3.05, 3.63) is 52.2 Å². The van der Waals surface area contributed by atoms with Crippen LogP contribution in [0.2, 0.25) is 0 Å². The summed E-state index contributed by atoms with van der Waals surface area (Å²) >= 11 is 5.64. The molecule has 0 aliphatic carbocycles. The zero-order valence-corrected chi connectivity index (χ0v) is 23.0. The van der Waals surface area contributed by atoms with Crippen molar-refractivity contribution in [3.8, 4) is 34.5 Å². The smallest absolute Gasteiger partial charge is 0.203 e. The summed E-state index contributed by atoms with van der Waals surface area (Å²) in [6.07, 6.45) is 2.11. The average molecular weight is 528 g/mol. The van der Waals surface area contributed by atoms with E-state index in [4.69, 9.17) is 40.6 Å². The summed E-state index contributed by atoms with van der Waals surface area (Å²) in [7, 11) is 11.7. The van der Waals surface area contributed by atoms with E-state index in [9.17, 15) is 0 Å². The fraction of sp³-hybridized carbons (Fsp3) is 0.370. The van der Waals surface area contributed by atoms with Crippen LogP contribution < -0.4 is 39.1 Å². The Kier molecular flexibility index (Phi) is 7.99. The van der Waals surface area contributed by atoms with Crippen LogP contribution in [0, 0.1) is 0 Å². The Morgan fingerprint density at radius 3 is 1.78 bits per heavy atom. The lowest BCUT2D eigenvalue weighted by Gasteiger charge is -2.39. The van der Waals surface area contributed by atoms with Gasteiger partial charge in [-0.05, 0) is 71.9 Å². The molecule has 0 amide bonds. The summed E-state index contributed by atoms with van der Waals surface area (Å²) in [5.41, 5.74) is 5.10. The van der Waals surface area contributed by atoms with Gasteiger partial charge in [-0.15, -0.1) is 0 Å². The monoisotopic (exact) mass is 527 g/mol. The highest BCUT2D eigenvalue weighted by Gasteiger charge is 2.33. The molecule has 2 N–H and O–H groups in total. The number of methoxy groups -OCH3 is 6. The van der Waals surface area contributed by atoms with Crippen molar-refractivity contribution < 1.29 is 28.4 Å². The maximum Gasteiger partial charge on any atom is 0.203 e. The molecule has 2 aliphatic heterocycles. The van der Waals surface area contributed by atoms with E-state index in [1.165, 1.54) is 0 Å². The Morgan fingerprint density at radius 2 is 1.30 bits per heavy atom. The molecule has 198 valence electrons. The van der Waals surface area contributed by atoms with Gasteiger partial charge in [0.05, 0.1) is 48.7 Å². The van der Waals surface area contributed by atoms with Gasteiger partial charge < -0.3 is 39.1 Å². The van der Waals surface area contributed by atoms with E-state index in [2.05, 4.69) is 28.7 Å². The Morgan fingerprint density at radius 1 is 0.784 bits per heavy atom. The predicted molar refractivity (Wildman–Crippen MR) is 146 cm³/mol. The summed E-state index contributed by atoms with van der Waals surface area (Å²) in [6.45, 7) is 1.47. The van der Waals surface area contributed by atoms with Crippen LogP contribution in [0.1, 0.15) is 17.2 Å². The summed E-state index contributed by atoms with van der Waals surface area (Å²) in [6, 6.07) is 7.57. The lowest BCUT2D eigenvalue weighted by atomic mass is 9.89. The minimum absolute atomic E-state index is 0.191. The van der Waals surface area contributed by atoms with Gasteiger partial charge in [-0.25, -0.2) is 0 Å². The van der Waals surface area contributed by atoms with Crippen molar-refractivity contribution in [1.29, 1.82) is 0 Å². The number of ether oxygens (including phenoxy) is 6. The van der Waals surface area contributed by atoms with E-state index in [0.717, 1.165) is 41.1 Å². The second kappa shape index (κ2) is 11.2. The number of nitrogens with zero attached hydrogens (tertiary/aromatic N) is 1. The first-order chi connectivity index (χ1) is 17.9. The van der Waals surface area contributed by atoms with Crippen molar-refractivity contribution in [2.45, 2.75) is 6.04 Å². The summed E-state index contributed by atoms with van der Waals surface area (Å²) in [5.74, 6) is 3.46. The van der Waals surface area contributed by atoms with Gasteiger partial charge in [-0.2, -0.15) is 0 Å². The Hall–Kier alpha value is -3.63. The van der Waals surface area contributed by atoms with Gasteiger partial charge in [0, 0.05) is 18.8 Å². The molecule has 0 saturated carbocycles. The van der Waals surface area contributed by atoms with Crippen LogP contribution >= 0.6 is 12.2 Å². The number of hydrogen-bond acceptors (Lipinski definition) is 8. The molecule has 0 saturated heterocycles. The standard InChI is InChI=1S/C27H33N3O6S/c1-30-13-17(8-15-9-19(31-2)25(35-6)20(10-15)32-3)24-18(14-30)23(28-27(37)29-24)16-11-21(33-4)26(36-7)22(12-16)34-5/h8-12,23H,13-14H2,1-7H3,(H2,28,29,37)/b17-8+/t23-/m0/s1. The molecule has 2 aromatic carbocycles. The van der Waals surface area contributed by atoms with E-state index in [-0.39, 0.29) is 6.04 Å². The van der Waals surface area contributed by atoms with Gasteiger partial charge in [-0.3, -0.25) is 4.90 Å². The summed E-state index contributed by atoms with van der Waals surface area (Å²) in [5, 5.41) is 7.37. The molecule has 9 nitrogen and oxygen atoms in total. The van der Waals surface area contributed by atoms with Crippen LogP contribution in [-0.4, -0.2) is 72.8 Å². The van der Waals surface area contributed by atoms with E-state index >= 15 is 0 Å². The van der Waals surface area contributed by atoms with Crippen LogP contribution in [0.15, 0.2) is 41.1 Å². The number of rotatable bonds is 8. The average Bonchev–Trinajstić information content (AvgIpc) is 2.91. The summed E-state index contributed by atoms with van der Waals surface area (Å²) in [4.78, 5) is 2.26. The minimum Gasteiger partial charge on any atom is -0.493 e. The molecule has 37 heavy (non-hydrogen) atoms. The third-order valence-electron chi connectivity index (χ3n) is 6.43. The molecule has 0 fully saturated rings. The number of benzene rings is 2. The Balaban J connectivity index is 1.85. The van der Waals surface area contributed by atoms with Crippen LogP contribution in [0.25, 0.3) is 6.08 Å². The Bertz CT molecular complexity index is 1210. The quantitative estimate of drug-likeness (QED) is 0.498. The maximum atomic E-state index is 5.64. The third-order valence-corrected chi connectivity index (χ3v) is 6.65. The van der Waals surface area contributed by atoms with Crippen molar-refractivity contribution >= 4 is 23.4 Å². The molecular formula is C27H33N3O6S. The molecule has 0 bridgehead atoms. The van der Waals surface area contributed by atoms with Crippen molar-refractivity contribution in [2.75, 3.05) is 62.8 Å². The minimum atomic E-state index is -0.191. The van der Waals surface area contributed by atoms with Gasteiger partial charge >= 0.3 is 0 Å². The Labute approximate surface area is 222 Å². The SMILES string of the molecule is COc1cc(/C=C2\CN(C)CC3=C2NC(=S)N[C@H]3c2cc(OC)c(OC)c(OC)c2)cc(OC)c1OC. The van der Waals surface area contributed by atoms with Gasteiger partial charge in [0.15, 0.2) is 28.1 Å². The molecule has 0 radical (unpaired) electrons. The molecule has 4 rings (SSSR count). The number of likely N-dealkylation sites (N-methyl/N-ethyl adjacent to an activating group) is 1. The van der Waals surface area contributed by atoms with Gasteiger partial charge in [0.1, 0.15) is 0 Å². The predicted octanol–water partition coefficient (Wildman–Crippen LogP) is 3.54. The molecule has 2 heterocycles. The highest BCUT2D eigenvalue weighted by molar-refractivity contribution is 7.80. The van der Waals surface area contributed by atoms with Crippen LogP contribution in [0.4, 0.5) is 0 Å². The van der Waals surface area contributed by atoms with E-state index in [1.54, 1.807) is 42.7 Å². The fourth-order valence-electron chi connectivity index (χ4n) is 4.82. The normalized spacial score (nSPS) is 18.5. The summed E-state index contributed by atoms with van der Waals surface area (Å²) < 4.78 is 33.3.